The Labute approximate surface area is 148 Å². The molecule has 0 aliphatic rings. The van der Waals surface area contributed by atoms with E-state index in [1.165, 1.54) is 11.3 Å². The van der Waals surface area contributed by atoms with E-state index in [-0.39, 0.29) is 5.91 Å². The lowest BCUT2D eigenvalue weighted by Gasteiger charge is -2.07. The number of thiophene rings is 1. The predicted molar refractivity (Wildman–Crippen MR) is 98.6 cm³/mol. The third kappa shape index (κ3) is 3.74. The maximum atomic E-state index is 12.4. The van der Waals surface area contributed by atoms with Crippen LogP contribution in [0.15, 0.2) is 41.1 Å². The topological polar surface area (TPSA) is 63.2 Å². The van der Waals surface area contributed by atoms with E-state index >= 15 is 0 Å². The average molecular weight is 359 g/mol. The second-order valence-corrected chi connectivity index (χ2v) is 6.85. The average Bonchev–Trinajstić information content (AvgIpc) is 3.23. The molecule has 3 rings (SSSR count). The molecule has 0 aliphatic heterocycles. The zero-order chi connectivity index (χ0) is 16.9. The van der Waals surface area contributed by atoms with Crippen molar-refractivity contribution < 1.29 is 9.53 Å². The van der Waals surface area contributed by atoms with Crippen LogP contribution in [0, 0.1) is 6.92 Å². The molecule has 0 atom stereocenters. The highest BCUT2D eigenvalue weighted by atomic mass is 32.1. The molecule has 7 heteroatoms. The number of carbonyl (C=O) groups excluding carboxylic acids is 1. The largest absolute Gasteiger partial charge is 0.495 e. The zero-order valence-corrected chi connectivity index (χ0v) is 15.0. The fourth-order valence-corrected chi connectivity index (χ4v) is 3.74. The number of anilines is 2. The quantitative estimate of drug-likeness (QED) is 0.692. The number of carbonyl (C=O) groups is 1. The summed E-state index contributed by atoms with van der Waals surface area (Å²) in [6, 6.07) is 9.60. The number of hydrogen-bond acceptors (Lipinski definition) is 6. The summed E-state index contributed by atoms with van der Waals surface area (Å²) in [4.78, 5) is 17.4. The van der Waals surface area contributed by atoms with Gasteiger partial charge in [-0.2, -0.15) is 11.3 Å². The molecule has 3 aromatic rings. The fourth-order valence-electron chi connectivity index (χ4n) is 2.18. The van der Waals surface area contributed by atoms with Crippen LogP contribution in [0.2, 0.25) is 0 Å². The van der Waals surface area contributed by atoms with Crippen LogP contribution in [0.5, 0.6) is 5.75 Å². The molecule has 0 unspecified atom stereocenters. The van der Waals surface area contributed by atoms with Gasteiger partial charge in [0.1, 0.15) is 10.6 Å². The maximum absolute atomic E-state index is 12.4. The Hall–Kier alpha value is -2.38. The first-order chi connectivity index (χ1) is 11.7. The number of ether oxygens (including phenoxy) is 1. The second-order valence-electron chi connectivity index (χ2n) is 5.07. The Morgan fingerprint density at radius 1 is 1.29 bits per heavy atom. The number of amides is 1. The molecule has 0 aliphatic carbocycles. The highest BCUT2D eigenvalue weighted by Gasteiger charge is 2.16. The molecule has 0 saturated heterocycles. The Bertz CT molecular complexity index is 828. The smallest absolute Gasteiger partial charge is 0.263 e. The summed E-state index contributed by atoms with van der Waals surface area (Å²) in [6.45, 7) is 2.36. The Morgan fingerprint density at radius 2 is 2.12 bits per heavy atom. The molecule has 124 valence electrons. The highest BCUT2D eigenvalue weighted by Crippen LogP contribution is 2.30. The van der Waals surface area contributed by atoms with Gasteiger partial charge in [0.15, 0.2) is 5.13 Å². The number of hydrogen-bond donors (Lipinski definition) is 2. The molecule has 2 heterocycles. The van der Waals surface area contributed by atoms with E-state index in [4.69, 9.17) is 4.74 Å². The molecule has 2 aromatic heterocycles. The van der Waals surface area contributed by atoms with Gasteiger partial charge in [0.2, 0.25) is 0 Å². The summed E-state index contributed by atoms with van der Waals surface area (Å²) in [5.74, 6) is 0.623. The number of benzene rings is 1. The summed E-state index contributed by atoms with van der Waals surface area (Å²) in [6.07, 6.45) is 0. The molecule has 0 spiro atoms. The standard InChI is InChI=1S/C17H17N3O2S2/c1-11-15(16(21)18-9-12-7-8-23-10-12)24-17(19-11)20-13-5-3-4-6-14(13)22-2/h3-8,10H,9H2,1-2H3,(H,18,21)(H,19,20). The van der Waals surface area contributed by atoms with Crippen LogP contribution in [0.3, 0.4) is 0 Å². The van der Waals surface area contributed by atoms with E-state index in [2.05, 4.69) is 15.6 Å². The number of aryl methyl sites for hydroxylation is 1. The number of aromatic nitrogens is 1. The number of nitrogens with one attached hydrogen (secondary N) is 2. The number of methoxy groups -OCH3 is 1. The molecule has 1 amide bonds. The summed E-state index contributed by atoms with van der Waals surface area (Å²) in [5, 5.41) is 10.8. The third-order valence-corrected chi connectivity index (χ3v) is 5.19. The summed E-state index contributed by atoms with van der Waals surface area (Å²) in [7, 11) is 1.62. The SMILES string of the molecule is COc1ccccc1Nc1nc(C)c(C(=O)NCc2ccsc2)s1. The van der Waals surface area contributed by atoms with E-state index in [1.807, 2.05) is 48.0 Å². The van der Waals surface area contributed by atoms with Gasteiger partial charge in [0.05, 0.1) is 18.5 Å². The minimum atomic E-state index is -0.107. The van der Waals surface area contributed by atoms with Crippen molar-refractivity contribution in [2.24, 2.45) is 0 Å². The van der Waals surface area contributed by atoms with E-state index in [1.54, 1.807) is 18.4 Å². The predicted octanol–water partition coefficient (Wildman–Crippen LogP) is 4.20. The van der Waals surface area contributed by atoms with Crippen molar-refractivity contribution >= 4 is 39.4 Å². The minimum absolute atomic E-state index is 0.107. The van der Waals surface area contributed by atoms with E-state index in [9.17, 15) is 4.79 Å². The van der Waals surface area contributed by atoms with Crippen molar-refractivity contribution in [1.82, 2.24) is 10.3 Å². The zero-order valence-electron chi connectivity index (χ0n) is 13.3. The Morgan fingerprint density at radius 3 is 2.88 bits per heavy atom. The molecule has 5 nitrogen and oxygen atoms in total. The van der Waals surface area contributed by atoms with E-state index in [0.29, 0.717) is 22.2 Å². The van der Waals surface area contributed by atoms with Crippen LogP contribution in [0.25, 0.3) is 0 Å². The van der Waals surface area contributed by atoms with Gasteiger partial charge in [-0.3, -0.25) is 4.79 Å². The molecule has 24 heavy (non-hydrogen) atoms. The molecule has 0 saturated carbocycles. The van der Waals surface area contributed by atoms with E-state index < -0.39 is 0 Å². The normalized spacial score (nSPS) is 10.4. The lowest BCUT2D eigenvalue weighted by Crippen LogP contribution is -2.22. The number of para-hydroxylation sites is 2. The van der Waals surface area contributed by atoms with Crippen molar-refractivity contribution in [2.75, 3.05) is 12.4 Å². The molecule has 0 bridgehead atoms. The van der Waals surface area contributed by atoms with Crippen molar-refractivity contribution in [3.05, 3.63) is 57.2 Å². The third-order valence-electron chi connectivity index (χ3n) is 3.38. The fraction of sp³-hybridized carbons (Fsp3) is 0.176. The second kappa shape index (κ2) is 7.46. The highest BCUT2D eigenvalue weighted by molar-refractivity contribution is 7.17. The molecule has 1 aromatic carbocycles. The van der Waals surface area contributed by atoms with Crippen molar-refractivity contribution in [2.45, 2.75) is 13.5 Å². The van der Waals surface area contributed by atoms with Gasteiger partial charge in [0, 0.05) is 6.54 Å². The van der Waals surface area contributed by atoms with Crippen molar-refractivity contribution in [3.63, 3.8) is 0 Å². The van der Waals surface area contributed by atoms with Crippen molar-refractivity contribution in [1.29, 1.82) is 0 Å². The summed E-state index contributed by atoms with van der Waals surface area (Å²) >= 11 is 2.95. The van der Waals surface area contributed by atoms with Crippen LogP contribution in [-0.2, 0) is 6.54 Å². The van der Waals surface area contributed by atoms with Gasteiger partial charge in [-0.15, -0.1) is 0 Å². The van der Waals surface area contributed by atoms with Gasteiger partial charge in [0.25, 0.3) is 5.91 Å². The van der Waals surface area contributed by atoms with Crippen LogP contribution < -0.4 is 15.4 Å². The van der Waals surface area contributed by atoms with E-state index in [0.717, 1.165) is 17.0 Å². The molecule has 0 fully saturated rings. The summed E-state index contributed by atoms with van der Waals surface area (Å²) in [5.41, 5.74) is 2.63. The van der Waals surface area contributed by atoms with Gasteiger partial charge in [-0.25, -0.2) is 4.98 Å². The van der Waals surface area contributed by atoms with Crippen LogP contribution in [0.1, 0.15) is 20.9 Å². The lowest BCUT2D eigenvalue weighted by molar-refractivity contribution is 0.0954. The lowest BCUT2D eigenvalue weighted by atomic mass is 10.3. The monoisotopic (exact) mass is 359 g/mol. The van der Waals surface area contributed by atoms with Gasteiger partial charge in [-0.1, -0.05) is 23.5 Å². The van der Waals surface area contributed by atoms with Gasteiger partial charge in [-0.05, 0) is 41.4 Å². The van der Waals surface area contributed by atoms with Crippen LogP contribution >= 0.6 is 22.7 Å². The summed E-state index contributed by atoms with van der Waals surface area (Å²) < 4.78 is 5.32. The first-order valence-electron chi connectivity index (χ1n) is 7.34. The molecular formula is C17H17N3O2S2. The molecular weight excluding hydrogens is 342 g/mol. The molecule has 2 N–H and O–H groups in total. The van der Waals surface area contributed by atoms with Gasteiger partial charge < -0.3 is 15.4 Å². The Kier molecular flexibility index (Phi) is 5.12. The Balaban J connectivity index is 1.71. The van der Waals surface area contributed by atoms with Crippen molar-refractivity contribution in [3.8, 4) is 5.75 Å². The van der Waals surface area contributed by atoms with Crippen LogP contribution in [-0.4, -0.2) is 18.0 Å². The number of nitrogens with zero attached hydrogens (tertiary/aromatic N) is 1. The minimum Gasteiger partial charge on any atom is -0.495 e. The number of thiazole rings is 1. The van der Waals surface area contributed by atoms with Gasteiger partial charge >= 0.3 is 0 Å². The first kappa shape index (κ1) is 16.5. The maximum Gasteiger partial charge on any atom is 0.263 e. The number of rotatable bonds is 6. The first-order valence-corrected chi connectivity index (χ1v) is 9.10. The van der Waals surface area contributed by atoms with Crippen LogP contribution in [0.4, 0.5) is 10.8 Å². The molecule has 0 radical (unpaired) electrons.